The summed E-state index contributed by atoms with van der Waals surface area (Å²) in [7, 11) is 0. The van der Waals surface area contributed by atoms with Crippen LogP contribution < -0.4 is 5.56 Å². The first kappa shape index (κ1) is 16.7. The number of hydrogen-bond acceptors (Lipinski definition) is 4. The van der Waals surface area contributed by atoms with Crippen LogP contribution in [-0.2, 0) is 19.4 Å². The number of amides is 1. The molecule has 1 aliphatic heterocycles. The number of benzene rings is 1. The molecule has 3 heterocycles. The minimum Gasteiger partial charge on any atom is -0.339 e. The molecule has 1 aromatic carbocycles. The minimum atomic E-state index is 0.0524. The van der Waals surface area contributed by atoms with Gasteiger partial charge < -0.3 is 4.90 Å². The van der Waals surface area contributed by atoms with Crippen molar-refractivity contribution < 1.29 is 4.79 Å². The maximum Gasteiger partial charge on any atom is 0.262 e. The smallest absolute Gasteiger partial charge is 0.262 e. The lowest BCUT2D eigenvalue weighted by molar-refractivity contribution is 0.0793. The monoisotopic (exact) mass is 379 g/mol. The van der Waals surface area contributed by atoms with Gasteiger partial charge in [-0.25, -0.2) is 4.98 Å². The Morgan fingerprint density at radius 1 is 1.07 bits per heavy atom. The lowest BCUT2D eigenvalue weighted by Gasteiger charge is -2.15. The molecule has 1 fully saturated rings. The first-order valence-corrected chi connectivity index (χ1v) is 10.4. The van der Waals surface area contributed by atoms with Crippen LogP contribution in [-0.4, -0.2) is 33.4 Å². The number of likely N-dealkylation sites (tertiary alicyclic amines) is 1. The van der Waals surface area contributed by atoms with E-state index in [1.807, 2.05) is 29.2 Å². The zero-order valence-corrected chi connectivity index (χ0v) is 15.9. The molecular weight excluding hydrogens is 358 g/mol. The van der Waals surface area contributed by atoms with Crippen LogP contribution in [0.5, 0.6) is 0 Å². The number of hydrogen-bond donors (Lipinski definition) is 0. The lowest BCUT2D eigenvalue weighted by Crippen LogP contribution is -2.27. The van der Waals surface area contributed by atoms with Gasteiger partial charge in [0.05, 0.1) is 18.3 Å². The van der Waals surface area contributed by atoms with E-state index in [0.29, 0.717) is 6.54 Å². The predicted octanol–water partition coefficient (Wildman–Crippen LogP) is 3.23. The second-order valence-corrected chi connectivity index (χ2v) is 8.49. The lowest BCUT2D eigenvalue weighted by atomic mass is 10.1. The van der Waals surface area contributed by atoms with Gasteiger partial charge in [-0.15, -0.1) is 11.3 Å². The van der Waals surface area contributed by atoms with Crippen molar-refractivity contribution >= 4 is 27.5 Å². The van der Waals surface area contributed by atoms with E-state index in [1.54, 1.807) is 22.2 Å². The van der Waals surface area contributed by atoms with Gasteiger partial charge in [0, 0.05) is 23.5 Å². The SMILES string of the molecule is O=C(c1ccc(Cn2cnc3sc4c(c3c2=O)CCC4)cc1)N1CCCC1. The van der Waals surface area contributed by atoms with Gasteiger partial charge in [-0.1, -0.05) is 12.1 Å². The van der Waals surface area contributed by atoms with Crippen LogP contribution in [0.2, 0.25) is 0 Å². The molecule has 2 aliphatic rings. The third kappa shape index (κ3) is 2.88. The van der Waals surface area contributed by atoms with Crippen molar-refractivity contribution in [2.75, 3.05) is 13.1 Å². The van der Waals surface area contributed by atoms with E-state index in [-0.39, 0.29) is 11.5 Å². The number of nitrogens with zero attached hydrogens (tertiary/aromatic N) is 3. The highest BCUT2D eigenvalue weighted by atomic mass is 32.1. The van der Waals surface area contributed by atoms with Gasteiger partial charge in [0.2, 0.25) is 0 Å². The molecule has 1 saturated heterocycles. The van der Waals surface area contributed by atoms with Crippen LogP contribution >= 0.6 is 11.3 Å². The Hall–Kier alpha value is -2.47. The molecule has 0 N–H and O–H groups in total. The Morgan fingerprint density at radius 2 is 1.85 bits per heavy atom. The maximum atomic E-state index is 13.0. The van der Waals surface area contributed by atoms with Crippen LogP contribution in [0, 0.1) is 0 Å². The fourth-order valence-electron chi connectivity index (χ4n) is 4.18. The third-order valence-corrected chi connectivity index (χ3v) is 6.84. The van der Waals surface area contributed by atoms with E-state index >= 15 is 0 Å². The Balaban J connectivity index is 1.41. The summed E-state index contributed by atoms with van der Waals surface area (Å²) in [5, 5.41) is 0.816. The summed E-state index contributed by atoms with van der Waals surface area (Å²) in [6, 6.07) is 7.63. The van der Waals surface area contributed by atoms with Crippen LogP contribution in [0.15, 0.2) is 35.4 Å². The van der Waals surface area contributed by atoms with E-state index in [9.17, 15) is 9.59 Å². The quantitative estimate of drug-likeness (QED) is 0.702. The number of aryl methyl sites for hydroxylation is 2. The van der Waals surface area contributed by atoms with Gasteiger partial charge in [-0.05, 0) is 55.4 Å². The average molecular weight is 379 g/mol. The molecular formula is C21H21N3O2S. The van der Waals surface area contributed by atoms with E-state index in [0.717, 1.165) is 66.5 Å². The standard InChI is InChI=1S/C21H21N3O2S/c25-20(23-10-1-2-11-23)15-8-6-14(7-9-15)12-24-13-22-19-18(21(24)26)16-4-3-5-17(16)27-19/h6-9,13H,1-5,10-12H2. The van der Waals surface area contributed by atoms with Crippen molar-refractivity contribution in [3.8, 4) is 0 Å². The summed E-state index contributed by atoms with van der Waals surface area (Å²) in [5.41, 5.74) is 2.99. The molecule has 138 valence electrons. The normalized spacial score (nSPS) is 16.2. The van der Waals surface area contributed by atoms with Crippen molar-refractivity contribution in [2.45, 2.75) is 38.6 Å². The minimum absolute atomic E-state index is 0.0524. The fraction of sp³-hybridized carbons (Fsp3) is 0.381. The van der Waals surface area contributed by atoms with Crippen molar-refractivity contribution in [3.05, 3.63) is 62.5 Å². The molecule has 1 amide bonds. The second-order valence-electron chi connectivity index (χ2n) is 7.41. The molecule has 0 radical (unpaired) electrons. The number of carbonyl (C=O) groups is 1. The van der Waals surface area contributed by atoms with E-state index in [1.165, 1.54) is 10.4 Å². The molecule has 0 saturated carbocycles. The number of aromatic nitrogens is 2. The number of rotatable bonds is 3. The average Bonchev–Trinajstić information content (AvgIpc) is 3.41. The van der Waals surface area contributed by atoms with Crippen LogP contribution in [0.4, 0.5) is 0 Å². The Kier molecular flexibility index (Phi) is 4.08. The molecule has 5 nitrogen and oxygen atoms in total. The second kappa shape index (κ2) is 6.60. The van der Waals surface area contributed by atoms with Crippen LogP contribution in [0.1, 0.15) is 45.6 Å². The Morgan fingerprint density at radius 3 is 2.63 bits per heavy atom. The number of fused-ring (bicyclic) bond motifs is 3. The first-order valence-electron chi connectivity index (χ1n) is 9.58. The topological polar surface area (TPSA) is 55.2 Å². The van der Waals surface area contributed by atoms with Crippen molar-refractivity contribution in [3.63, 3.8) is 0 Å². The molecule has 3 aromatic rings. The third-order valence-electron chi connectivity index (χ3n) is 5.64. The Labute approximate surface area is 161 Å². The zero-order valence-electron chi connectivity index (χ0n) is 15.1. The van der Waals surface area contributed by atoms with E-state index in [4.69, 9.17) is 0 Å². The van der Waals surface area contributed by atoms with Gasteiger partial charge in [0.1, 0.15) is 4.83 Å². The Bertz CT molecular complexity index is 1080. The molecule has 0 atom stereocenters. The first-order chi connectivity index (χ1) is 13.2. The molecule has 2 aromatic heterocycles. The fourth-order valence-corrected chi connectivity index (χ4v) is 5.40. The molecule has 0 spiro atoms. The highest BCUT2D eigenvalue weighted by molar-refractivity contribution is 7.18. The van der Waals surface area contributed by atoms with Crippen molar-refractivity contribution in [2.24, 2.45) is 0 Å². The highest BCUT2D eigenvalue weighted by Gasteiger charge is 2.22. The van der Waals surface area contributed by atoms with Crippen molar-refractivity contribution in [1.82, 2.24) is 14.5 Å². The molecule has 0 bridgehead atoms. The van der Waals surface area contributed by atoms with E-state index < -0.39 is 0 Å². The summed E-state index contributed by atoms with van der Waals surface area (Å²) < 4.78 is 1.69. The van der Waals surface area contributed by atoms with Crippen molar-refractivity contribution in [1.29, 1.82) is 0 Å². The van der Waals surface area contributed by atoms with Gasteiger partial charge in [-0.2, -0.15) is 0 Å². The molecule has 27 heavy (non-hydrogen) atoms. The summed E-state index contributed by atoms with van der Waals surface area (Å²) in [4.78, 5) is 34.1. The number of carbonyl (C=O) groups excluding carboxylic acids is 1. The molecule has 5 rings (SSSR count). The van der Waals surface area contributed by atoms with Gasteiger partial charge in [0.15, 0.2) is 0 Å². The molecule has 6 heteroatoms. The molecule has 0 unspecified atom stereocenters. The van der Waals surface area contributed by atoms with Crippen LogP contribution in [0.25, 0.3) is 10.2 Å². The van der Waals surface area contributed by atoms with Gasteiger partial charge >= 0.3 is 0 Å². The largest absolute Gasteiger partial charge is 0.339 e. The number of thiophene rings is 1. The van der Waals surface area contributed by atoms with E-state index in [2.05, 4.69) is 4.98 Å². The predicted molar refractivity (Wildman–Crippen MR) is 107 cm³/mol. The zero-order chi connectivity index (χ0) is 18.4. The van der Waals surface area contributed by atoms with Crippen LogP contribution in [0.3, 0.4) is 0 Å². The highest BCUT2D eigenvalue weighted by Crippen LogP contribution is 2.34. The molecule has 1 aliphatic carbocycles. The summed E-state index contributed by atoms with van der Waals surface area (Å²) in [6.07, 6.45) is 7.03. The summed E-state index contributed by atoms with van der Waals surface area (Å²) in [6.45, 7) is 2.18. The summed E-state index contributed by atoms with van der Waals surface area (Å²) in [5.74, 6) is 0.105. The summed E-state index contributed by atoms with van der Waals surface area (Å²) >= 11 is 1.67. The van der Waals surface area contributed by atoms with Gasteiger partial charge in [0.25, 0.3) is 11.5 Å². The van der Waals surface area contributed by atoms with Gasteiger partial charge in [-0.3, -0.25) is 14.2 Å². The maximum absolute atomic E-state index is 13.0.